The average Bonchev–Trinajstić information content (AvgIpc) is 2.95. The molecule has 1 aromatic rings. The number of sulfonamides is 1. The summed E-state index contributed by atoms with van der Waals surface area (Å²) in [6.07, 6.45) is 2.89. The van der Waals surface area contributed by atoms with E-state index >= 15 is 0 Å². The smallest absolute Gasteiger partial charge is 0.231 e. The number of amides is 1. The van der Waals surface area contributed by atoms with Gasteiger partial charge in [-0.3, -0.25) is 9.52 Å². The predicted molar refractivity (Wildman–Crippen MR) is 76.1 cm³/mol. The molecule has 1 aliphatic rings. The molecule has 0 bridgehead atoms. The number of thiazole rings is 1. The molecule has 1 fully saturated rings. The highest BCUT2D eigenvalue weighted by atomic mass is 32.2. The van der Waals surface area contributed by atoms with Crippen molar-refractivity contribution >= 4 is 32.4 Å². The van der Waals surface area contributed by atoms with Gasteiger partial charge in [0.1, 0.15) is 0 Å². The normalized spacial score (nSPS) is 19.3. The molecule has 0 aliphatic carbocycles. The van der Waals surface area contributed by atoms with E-state index in [0.29, 0.717) is 12.2 Å². The molecule has 1 amide bonds. The number of carbonyl (C=O) groups excluding carboxylic acids is 1. The predicted octanol–water partition coefficient (Wildman–Crippen LogP) is 0.0404. The van der Waals surface area contributed by atoms with Gasteiger partial charge in [0.05, 0.1) is 31.0 Å². The van der Waals surface area contributed by atoms with Crippen LogP contribution >= 0.6 is 11.3 Å². The summed E-state index contributed by atoms with van der Waals surface area (Å²) < 4.78 is 24.4. The topological polar surface area (TPSA) is 99.6 Å². The maximum Gasteiger partial charge on any atom is 0.231 e. The van der Waals surface area contributed by atoms with Gasteiger partial charge in [0.15, 0.2) is 5.13 Å². The van der Waals surface area contributed by atoms with Crippen molar-refractivity contribution in [3.63, 3.8) is 0 Å². The molecule has 1 unspecified atom stereocenters. The molecule has 2 heterocycles. The number of hydrogen-bond donors (Lipinski definition) is 2. The van der Waals surface area contributed by atoms with Crippen molar-refractivity contribution in [1.29, 1.82) is 0 Å². The van der Waals surface area contributed by atoms with Crippen molar-refractivity contribution in [1.82, 2.24) is 9.88 Å². The number of nitrogens with one attached hydrogen (secondary N) is 1. The zero-order chi connectivity index (χ0) is 14.8. The van der Waals surface area contributed by atoms with Gasteiger partial charge < -0.3 is 10.0 Å². The molecule has 2 rings (SSSR count). The Morgan fingerprint density at radius 2 is 2.40 bits per heavy atom. The number of likely N-dealkylation sites (tertiary alicyclic amines) is 1. The van der Waals surface area contributed by atoms with E-state index in [0.717, 1.165) is 30.4 Å². The van der Waals surface area contributed by atoms with E-state index in [-0.39, 0.29) is 30.1 Å². The molecule has 112 valence electrons. The average molecular weight is 319 g/mol. The highest BCUT2D eigenvalue weighted by Gasteiger charge is 2.28. The number of carbonyl (C=O) groups is 1. The Labute approximate surface area is 121 Å². The van der Waals surface area contributed by atoms with Crippen LogP contribution in [0, 0.1) is 0 Å². The maximum absolute atomic E-state index is 12.1. The van der Waals surface area contributed by atoms with Crippen LogP contribution in [-0.4, -0.2) is 54.8 Å². The first-order valence-corrected chi connectivity index (χ1v) is 8.98. The first-order chi connectivity index (χ1) is 9.39. The number of aliphatic hydroxyl groups excluding tert-OH is 1. The van der Waals surface area contributed by atoms with Crippen LogP contribution < -0.4 is 4.72 Å². The summed E-state index contributed by atoms with van der Waals surface area (Å²) in [5.41, 5.74) is 0.537. The fraction of sp³-hybridized carbons (Fsp3) is 0.636. The molecule has 1 atom stereocenters. The Kier molecular flexibility index (Phi) is 4.61. The lowest BCUT2D eigenvalue weighted by Crippen LogP contribution is -2.38. The Balaban J connectivity index is 1.98. The van der Waals surface area contributed by atoms with Crippen LogP contribution in [0.15, 0.2) is 5.38 Å². The minimum Gasteiger partial charge on any atom is -0.394 e. The van der Waals surface area contributed by atoms with Gasteiger partial charge in [-0.05, 0) is 12.8 Å². The van der Waals surface area contributed by atoms with Crippen molar-refractivity contribution in [2.45, 2.75) is 25.3 Å². The van der Waals surface area contributed by atoms with Gasteiger partial charge in [-0.15, -0.1) is 11.3 Å². The fourth-order valence-electron chi connectivity index (χ4n) is 2.20. The minimum atomic E-state index is -3.35. The molecule has 2 N–H and O–H groups in total. The monoisotopic (exact) mass is 319 g/mol. The van der Waals surface area contributed by atoms with E-state index in [2.05, 4.69) is 9.71 Å². The maximum atomic E-state index is 12.1. The van der Waals surface area contributed by atoms with Crippen LogP contribution in [0.2, 0.25) is 0 Å². The van der Waals surface area contributed by atoms with Crippen molar-refractivity contribution in [2.75, 3.05) is 24.1 Å². The first-order valence-electron chi connectivity index (χ1n) is 6.21. The van der Waals surface area contributed by atoms with E-state index in [4.69, 9.17) is 0 Å². The third kappa shape index (κ3) is 3.90. The molecule has 0 aromatic carbocycles. The summed E-state index contributed by atoms with van der Waals surface area (Å²) in [5, 5.41) is 11.1. The first kappa shape index (κ1) is 15.2. The molecule has 0 radical (unpaired) electrons. The zero-order valence-corrected chi connectivity index (χ0v) is 12.7. The Hall–Kier alpha value is -1.19. The van der Waals surface area contributed by atoms with Crippen molar-refractivity contribution in [3.8, 4) is 0 Å². The summed E-state index contributed by atoms with van der Waals surface area (Å²) in [4.78, 5) is 17.9. The van der Waals surface area contributed by atoms with Gasteiger partial charge in [-0.1, -0.05) is 0 Å². The van der Waals surface area contributed by atoms with Crippen LogP contribution in [0.5, 0.6) is 0 Å². The van der Waals surface area contributed by atoms with E-state index in [1.165, 1.54) is 0 Å². The van der Waals surface area contributed by atoms with Gasteiger partial charge in [0.25, 0.3) is 0 Å². The molecule has 1 saturated heterocycles. The highest BCUT2D eigenvalue weighted by molar-refractivity contribution is 7.92. The largest absolute Gasteiger partial charge is 0.394 e. The minimum absolute atomic E-state index is 0.0241. The third-order valence-corrected chi connectivity index (χ3v) is 4.56. The van der Waals surface area contributed by atoms with Crippen LogP contribution in [-0.2, 0) is 21.2 Å². The number of anilines is 1. The number of nitrogens with zero attached hydrogens (tertiary/aromatic N) is 2. The number of hydrogen-bond acceptors (Lipinski definition) is 6. The lowest BCUT2D eigenvalue weighted by Gasteiger charge is -2.22. The van der Waals surface area contributed by atoms with E-state index < -0.39 is 10.0 Å². The zero-order valence-electron chi connectivity index (χ0n) is 11.1. The highest BCUT2D eigenvalue weighted by Crippen LogP contribution is 2.20. The summed E-state index contributed by atoms with van der Waals surface area (Å²) in [7, 11) is -3.35. The summed E-state index contributed by atoms with van der Waals surface area (Å²) in [6.45, 7) is 0.631. The van der Waals surface area contributed by atoms with Crippen LogP contribution in [0.3, 0.4) is 0 Å². The van der Waals surface area contributed by atoms with Crippen molar-refractivity contribution in [3.05, 3.63) is 11.1 Å². The standard InChI is InChI=1S/C11H17N3O4S2/c1-20(17,18)13-11-12-8(7-19-11)5-10(16)14-4-2-3-9(14)6-15/h7,9,15H,2-6H2,1H3,(H,12,13). The van der Waals surface area contributed by atoms with Crippen LogP contribution in [0.4, 0.5) is 5.13 Å². The molecule has 1 aromatic heterocycles. The van der Waals surface area contributed by atoms with Gasteiger partial charge in [-0.25, -0.2) is 13.4 Å². The van der Waals surface area contributed by atoms with E-state index in [9.17, 15) is 18.3 Å². The van der Waals surface area contributed by atoms with Gasteiger partial charge in [0.2, 0.25) is 15.9 Å². The summed E-state index contributed by atoms with van der Waals surface area (Å²) in [6, 6.07) is -0.102. The second-order valence-electron chi connectivity index (χ2n) is 4.76. The summed E-state index contributed by atoms with van der Waals surface area (Å²) in [5.74, 6) is -0.0854. The lowest BCUT2D eigenvalue weighted by molar-refractivity contribution is -0.132. The molecule has 7 nitrogen and oxygen atoms in total. The van der Waals surface area contributed by atoms with E-state index in [1.807, 2.05) is 0 Å². The van der Waals surface area contributed by atoms with Crippen LogP contribution in [0.1, 0.15) is 18.5 Å². The quantitative estimate of drug-likeness (QED) is 0.798. The second kappa shape index (κ2) is 6.06. The van der Waals surface area contributed by atoms with E-state index in [1.54, 1.807) is 10.3 Å². The molecule has 0 saturated carbocycles. The molecular formula is C11H17N3O4S2. The van der Waals surface area contributed by atoms with Crippen molar-refractivity contribution < 1.29 is 18.3 Å². The Morgan fingerprint density at radius 1 is 1.65 bits per heavy atom. The second-order valence-corrected chi connectivity index (χ2v) is 7.37. The summed E-state index contributed by atoms with van der Waals surface area (Å²) >= 11 is 1.15. The third-order valence-electron chi connectivity index (χ3n) is 3.07. The Morgan fingerprint density at radius 3 is 3.05 bits per heavy atom. The number of aliphatic hydroxyl groups is 1. The number of rotatable bonds is 5. The molecule has 1 aliphatic heterocycles. The fourth-order valence-corrected chi connectivity index (χ4v) is 3.77. The van der Waals surface area contributed by atoms with Crippen LogP contribution in [0.25, 0.3) is 0 Å². The molecule has 9 heteroatoms. The number of aromatic nitrogens is 1. The Bertz CT molecular complexity index is 584. The molecular weight excluding hydrogens is 302 g/mol. The SMILES string of the molecule is CS(=O)(=O)Nc1nc(CC(=O)N2CCCC2CO)cs1. The molecule has 0 spiro atoms. The van der Waals surface area contributed by atoms with Gasteiger partial charge in [0, 0.05) is 11.9 Å². The van der Waals surface area contributed by atoms with Crippen molar-refractivity contribution in [2.24, 2.45) is 0 Å². The van der Waals surface area contributed by atoms with Gasteiger partial charge >= 0.3 is 0 Å². The lowest BCUT2D eigenvalue weighted by atomic mass is 10.2. The molecule has 20 heavy (non-hydrogen) atoms. The van der Waals surface area contributed by atoms with Gasteiger partial charge in [-0.2, -0.15) is 0 Å².